The van der Waals surface area contributed by atoms with Gasteiger partial charge in [0.25, 0.3) is 0 Å². The average Bonchev–Trinajstić information content (AvgIpc) is 2.54. The van der Waals surface area contributed by atoms with E-state index in [-0.39, 0.29) is 28.6 Å². The molecule has 140 valence electrons. The zero-order valence-corrected chi connectivity index (χ0v) is 16.3. The summed E-state index contributed by atoms with van der Waals surface area (Å²) in [4.78, 5) is 25.1. The fourth-order valence-corrected chi connectivity index (χ4v) is 6.65. The van der Waals surface area contributed by atoms with Gasteiger partial charge in [-0.05, 0) is 75.3 Å². The highest BCUT2D eigenvalue weighted by Gasteiger charge is 2.60. The third kappa shape index (κ3) is 3.13. The summed E-state index contributed by atoms with van der Waals surface area (Å²) in [5.74, 6) is 0.986. The number of para-hydroxylation sites is 1. The monoisotopic (exact) mass is 374 g/mol. The largest absolute Gasteiger partial charge is 0.347 e. The summed E-state index contributed by atoms with van der Waals surface area (Å²) in [5, 5.41) is 5.84. The van der Waals surface area contributed by atoms with Gasteiger partial charge in [-0.3, -0.25) is 9.59 Å². The van der Waals surface area contributed by atoms with Gasteiger partial charge in [0.05, 0.1) is 12.0 Å². The standard InChI is InChI=1S/C21H27ClN2O2/c1-13-4-3-5-14(2)18(13)24-17(25)11-23-19(26)20-7-15-6-16(8-20)10-21(22,9-15)12-20/h3-5,15-16H,6-12H2,1-2H3,(H,23,26)(H,24,25)/t15-,16-,20?,21?/m1/s1. The van der Waals surface area contributed by atoms with Gasteiger partial charge in [0.15, 0.2) is 0 Å². The number of benzene rings is 1. The van der Waals surface area contributed by atoms with E-state index in [4.69, 9.17) is 11.6 Å². The van der Waals surface area contributed by atoms with Gasteiger partial charge in [-0.1, -0.05) is 18.2 Å². The zero-order chi connectivity index (χ0) is 18.5. The summed E-state index contributed by atoms with van der Waals surface area (Å²) in [6.07, 6.45) is 5.94. The van der Waals surface area contributed by atoms with Crippen LogP contribution < -0.4 is 10.6 Å². The number of carbonyl (C=O) groups excluding carboxylic acids is 2. The molecule has 4 aliphatic carbocycles. The number of carbonyl (C=O) groups is 2. The highest BCUT2D eigenvalue weighted by molar-refractivity contribution is 6.24. The molecular formula is C21H27ClN2O2. The third-order valence-corrected chi connectivity index (χ3v) is 7.07. The number of amides is 2. The van der Waals surface area contributed by atoms with Crippen molar-refractivity contribution in [2.75, 3.05) is 11.9 Å². The fourth-order valence-electron chi connectivity index (χ4n) is 5.96. The molecule has 2 atom stereocenters. The number of alkyl halides is 1. The molecule has 5 heteroatoms. The Labute approximate surface area is 160 Å². The summed E-state index contributed by atoms with van der Waals surface area (Å²) in [7, 11) is 0. The highest BCUT2D eigenvalue weighted by atomic mass is 35.5. The second kappa shape index (κ2) is 6.26. The minimum absolute atomic E-state index is 0.0129. The Hall–Kier alpha value is -1.55. The van der Waals surface area contributed by atoms with Crippen molar-refractivity contribution in [3.63, 3.8) is 0 Å². The molecule has 1 aromatic carbocycles. The van der Waals surface area contributed by atoms with Crippen LogP contribution in [-0.4, -0.2) is 23.2 Å². The topological polar surface area (TPSA) is 58.2 Å². The van der Waals surface area contributed by atoms with Gasteiger partial charge in [0, 0.05) is 10.6 Å². The minimum atomic E-state index is -0.356. The lowest BCUT2D eigenvalue weighted by atomic mass is 9.49. The lowest BCUT2D eigenvalue weighted by Gasteiger charge is -2.59. The Kier molecular flexibility index (Phi) is 4.30. The predicted molar refractivity (Wildman–Crippen MR) is 103 cm³/mol. The van der Waals surface area contributed by atoms with Crippen LogP contribution in [0.1, 0.15) is 49.7 Å². The smallest absolute Gasteiger partial charge is 0.243 e. The van der Waals surface area contributed by atoms with Crippen molar-refractivity contribution in [3.8, 4) is 0 Å². The van der Waals surface area contributed by atoms with Crippen LogP contribution in [0, 0.1) is 31.1 Å². The first-order valence-electron chi connectivity index (χ1n) is 9.62. The number of anilines is 1. The average molecular weight is 375 g/mol. The number of halogens is 1. The molecular weight excluding hydrogens is 348 g/mol. The second-order valence-corrected chi connectivity index (χ2v) is 9.69. The number of hydrogen-bond acceptors (Lipinski definition) is 2. The molecule has 2 amide bonds. The maximum absolute atomic E-state index is 13.0. The summed E-state index contributed by atoms with van der Waals surface area (Å²) >= 11 is 6.81. The molecule has 0 heterocycles. The van der Waals surface area contributed by atoms with E-state index >= 15 is 0 Å². The van der Waals surface area contributed by atoms with Gasteiger partial charge >= 0.3 is 0 Å². The second-order valence-electron chi connectivity index (χ2n) is 8.89. The van der Waals surface area contributed by atoms with E-state index in [1.54, 1.807) is 0 Å². The van der Waals surface area contributed by atoms with Gasteiger partial charge < -0.3 is 10.6 Å². The van der Waals surface area contributed by atoms with Crippen LogP contribution in [0.3, 0.4) is 0 Å². The number of rotatable bonds is 4. The molecule has 0 unspecified atom stereocenters. The van der Waals surface area contributed by atoms with Crippen LogP contribution in [0.15, 0.2) is 18.2 Å². The van der Waals surface area contributed by atoms with Crippen LogP contribution >= 0.6 is 11.6 Å². The number of hydrogen-bond donors (Lipinski definition) is 2. The predicted octanol–water partition coefficient (Wildman–Crippen LogP) is 3.94. The van der Waals surface area contributed by atoms with Crippen LogP contribution in [0.4, 0.5) is 5.69 Å². The van der Waals surface area contributed by atoms with Crippen LogP contribution in [-0.2, 0) is 9.59 Å². The Morgan fingerprint density at radius 2 is 1.73 bits per heavy atom. The highest BCUT2D eigenvalue weighted by Crippen LogP contribution is 2.63. The normalized spacial score (nSPS) is 34.6. The molecule has 5 rings (SSSR count). The Morgan fingerprint density at radius 3 is 2.31 bits per heavy atom. The quantitative estimate of drug-likeness (QED) is 0.784. The maximum Gasteiger partial charge on any atom is 0.243 e. The van der Waals surface area contributed by atoms with E-state index in [2.05, 4.69) is 10.6 Å². The Bertz CT molecular complexity index is 726. The summed E-state index contributed by atoms with van der Waals surface area (Å²) < 4.78 is 0. The molecule has 0 aromatic heterocycles. The van der Waals surface area contributed by atoms with E-state index in [1.807, 2.05) is 32.0 Å². The first-order chi connectivity index (χ1) is 12.3. The molecule has 4 bridgehead atoms. The molecule has 2 N–H and O–H groups in total. The molecule has 0 spiro atoms. The first kappa shape index (κ1) is 17.8. The molecule has 26 heavy (non-hydrogen) atoms. The SMILES string of the molecule is Cc1cccc(C)c1NC(=O)CNC(=O)C12C[C@H]3C[C@@H](CC(Cl)(C3)C1)C2. The van der Waals surface area contributed by atoms with E-state index < -0.39 is 0 Å². The Morgan fingerprint density at radius 1 is 1.12 bits per heavy atom. The number of nitrogens with one attached hydrogen (secondary N) is 2. The van der Waals surface area contributed by atoms with Gasteiger partial charge in [-0.15, -0.1) is 11.6 Å². The summed E-state index contributed by atoms with van der Waals surface area (Å²) in [6, 6.07) is 5.91. The minimum Gasteiger partial charge on any atom is -0.347 e. The molecule has 0 saturated heterocycles. The fraction of sp³-hybridized carbons (Fsp3) is 0.619. The van der Waals surface area contributed by atoms with Crippen molar-refractivity contribution in [2.24, 2.45) is 17.3 Å². The Balaban J connectivity index is 1.39. The lowest BCUT2D eigenvalue weighted by Crippen LogP contribution is -2.58. The van der Waals surface area contributed by atoms with Crippen LogP contribution in [0.25, 0.3) is 0 Å². The summed E-state index contributed by atoms with van der Waals surface area (Å²) in [5.41, 5.74) is 2.52. The molecule has 1 aromatic rings. The van der Waals surface area contributed by atoms with Crippen molar-refractivity contribution in [1.29, 1.82) is 0 Å². The molecule has 4 saturated carbocycles. The zero-order valence-electron chi connectivity index (χ0n) is 15.5. The molecule has 0 aliphatic heterocycles. The van der Waals surface area contributed by atoms with Crippen LogP contribution in [0.5, 0.6) is 0 Å². The van der Waals surface area contributed by atoms with Crippen molar-refractivity contribution in [3.05, 3.63) is 29.3 Å². The maximum atomic E-state index is 13.0. The number of aryl methyl sites for hydroxylation is 2. The molecule has 4 aliphatic rings. The van der Waals surface area contributed by atoms with E-state index in [0.717, 1.165) is 48.9 Å². The first-order valence-corrected chi connectivity index (χ1v) is 10.00. The van der Waals surface area contributed by atoms with Crippen molar-refractivity contribution < 1.29 is 9.59 Å². The molecule has 0 radical (unpaired) electrons. The molecule has 4 fully saturated rings. The summed E-state index contributed by atoms with van der Waals surface area (Å²) in [6.45, 7) is 3.95. The van der Waals surface area contributed by atoms with Gasteiger partial charge in [0.1, 0.15) is 0 Å². The van der Waals surface area contributed by atoms with Crippen molar-refractivity contribution >= 4 is 29.1 Å². The van der Waals surface area contributed by atoms with E-state index in [0.29, 0.717) is 11.8 Å². The third-order valence-electron chi connectivity index (χ3n) is 6.63. The van der Waals surface area contributed by atoms with E-state index in [9.17, 15) is 9.59 Å². The van der Waals surface area contributed by atoms with Gasteiger partial charge in [0.2, 0.25) is 11.8 Å². The molecule has 4 nitrogen and oxygen atoms in total. The van der Waals surface area contributed by atoms with Gasteiger partial charge in [-0.25, -0.2) is 0 Å². The van der Waals surface area contributed by atoms with Crippen molar-refractivity contribution in [1.82, 2.24) is 5.32 Å². The van der Waals surface area contributed by atoms with Gasteiger partial charge in [-0.2, -0.15) is 0 Å². The van der Waals surface area contributed by atoms with Crippen molar-refractivity contribution in [2.45, 2.75) is 57.2 Å². The van der Waals surface area contributed by atoms with Crippen LogP contribution in [0.2, 0.25) is 0 Å². The van der Waals surface area contributed by atoms with E-state index in [1.165, 1.54) is 6.42 Å². The lowest BCUT2D eigenvalue weighted by molar-refractivity contribution is -0.145.